The van der Waals surface area contributed by atoms with Crippen LogP contribution in [0, 0.1) is 10.1 Å². The number of ether oxygens (including phenoxy) is 2. The molecule has 1 fully saturated rings. The van der Waals surface area contributed by atoms with Gasteiger partial charge in [-0.05, 0) is 24.6 Å². The van der Waals surface area contributed by atoms with Crippen molar-refractivity contribution < 1.29 is 51.1 Å². The van der Waals surface area contributed by atoms with Crippen molar-refractivity contribution in [2.24, 2.45) is 10.7 Å². The number of carbonyl (C=O) groups excluding carboxylic acids is 1. The van der Waals surface area contributed by atoms with Crippen LogP contribution in [0.25, 0.3) is 0 Å². The van der Waals surface area contributed by atoms with Crippen molar-refractivity contribution in [2.45, 2.75) is 50.5 Å². The zero-order valence-corrected chi connectivity index (χ0v) is 23.5. The molecular weight excluding hydrogens is 599 g/mol. The van der Waals surface area contributed by atoms with E-state index in [1.807, 2.05) is 0 Å². The Morgan fingerprint density at radius 2 is 2.02 bits per heavy atom. The summed E-state index contributed by atoms with van der Waals surface area (Å²) in [6.07, 6.45) is -3.86. The highest BCUT2D eigenvalue weighted by Gasteiger charge is 2.61. The van der Waals surface area contributed by atoms with Gasteiger partial charge in [-0.2, -0.15) is 8.78 Å². The van der Waals surface area contributed by atoms with Crippen molar-refractivity contribution in [1.29, 1.82) is 0 Å². The van der Waals surface area contributed by atoms with Gasteiger partial charge in [-0.25, -0.2) is 14.6 Å². The minimum Gasteiger partial charge on any atom is -0.460 e. The number of aliphatic imine (C=N–C) groups is 1. The third kappa shape index (κ3) is 7.70. The van der Waals surface area contributed by atoms with Crippen molar-refractivity contribution >= 4 is 25.4 Å². The SMILES string of the molecule is C=C1N=C(N)C=CN1[C@@H]1O[C@H](COP(=O)(N[C@@H](C)C(=O)OCc2ccccc2)OCc2ccc([N+](=O)[O-])o2)[C@H](O)C1(F)F. The van der Waals surface area contributed by atoms with Crippen molar-refractivity contribution in [1.82, 2.24) is 9.99 Å². The summed E-state index contributed by atoms with van der Waals surface area (Å²) in [6, 6.07) is 9.61. The lowest BCUT2D eigenvalue weighted by atomic mass is 10.1. The standard InChI is InChI=1S/C25H28F2N5O10P/c1-15(23(34)38-12-17-6-4-3-5-7-17)30-43(37,39-13-18-8-9-21(41-18)32(35)36)40-14-19-22(33)25(26,27)24(42-19)31-11-10-20(28)29-16(31)2/h3-11,15,19,22,24,33H,2,12-14H2,1H3,(H2,28,29)(H,30,37)/t15-,19+,22-,24+,43?/m0/s1. The average Bonchev–Trinajstić information content (AvgIpc) is 3.53. The maximum Gasteiger partial charge on any atom is 0.433 e. The third-order valence-electron chi connectivity index (χ3n) is 6.14. The molecule has 232 valence electrons. The molecule has 15 nitrogen and oxygen atoms in total. The van der Waals surface area contributed by atoms with Crippen LogP contribution in [-0.4, -0.2) is 63.7 Å². The first-order valence-corrected chi connectivity index (χ1v) is 14.1. The lowest BCUT2D eigenvalue weighted by molar-refractivity contribution is -0.402. The quantitative estimate of drug-likeness (QED) is 0.127. The van der Waals surface area contributed by atoms with E-state index in [1.54, 1.807) is 30.3 Å². The molecule has 0 radical (unpaired) electrons. The molecular formula is C25H28F2N5O10P. The van der Waals surface area contributed by atoms with E-state index in [1.165, 1.54) is 19.1 Å². The summed E-state index contributed by atoms with van der Waals surface area (Å²) >= 11 is 0. The van der Waals surface area contributed by atoms with Gasteiger partial charge in [0.05, 0.1) is 12.7 Å². The van der Waals surface area contributed by atoms with Crippen LogP contribution in [-0.2, 0) is 41.1 Å². The van der Waals surface area contributed by atoms with E-state index in [-0.39, 0.29) is 24.0 Å². The lowest BCUT2D eigenvalue weighted by Gasteiger charge is -2.31. The van der Waals surface area contributed by atoms with Crippen LogP contribution in [0.3, 0.4) is 0 Å². The predicted molar refractivity (Wildman–Crippen MR) is 144 cm³/mol. The number of nitro groups is 1. The van der Waals surface area contributed by atoms with Crippen LogP contribution in [0.2, 0.25) is 0 Å². The zero-order valence-electron chi connectivity index (χ0n) is 22.6. The fourth-order valence-corrected chi connectivity index (χ4v) is 5.37. The molecule has 1 aromatic heterocycles. The van der Waals surface area contributed by atoms with Crippen LogP contribution in [0.1, 0.15) is 18.2 Å². The van der Waals surface area contributed by atoms with Crippen molar-refractivity contribution in [3.63, 3.8) is 0 Å². The number of halogens is 2. The number of aliphatic hydroxyl groups is 1. The molecule has 1 aromatic carbocycles. The van der Waals surface area contributed by atoms with Crippen LogP contribution < -0.4 is 10.8 Å². The molecule has 43 heavy (non-hydrogen) atoms. The molecule has 2 aromatic rings. The first kappa shape index (κ1) is 31.9. The van der Waals surface area contributed by atoms with Crippen molar-refractivity contribution in [2.75, 3.05) is 6.61 Å². The monoisotopic (exact) mass is 627 g/mol. The van der Waals surface area contributed by atoms with Crippen molar-refractivity contribution in [3.8, 4) is 0 Å². The number of alkyl halides is 2. The first-order chi connectivity index (χ1) is 20.3. The highest BCUT2D eigenvalue weighted by molar-refractivity contribution is 7.51. The summed E-state index contributed by atoms with van der Waals surface area (Å²) in [5.74, 6) is -5.63. The van der Waals surface area contributed by atoms with Gasteiger partial charge in [0.1, 0.15) is 47.7 Å². The molecule has 18 heteroatoms. The van der Waals surface area contributed by atoms with E-state index in [0.717, 1.165) is 17.2 Å². The molecule has 4 rings (SSSR count). The Bertz CT molecular complexity index is 1450. The summed E-state index contributed by atoms with van der Waals surface area (Å²) in [6.45, 7) is 3.19. The number of rotatable bonds is 13. The smallest absolute Gasteiger partial charge is 0.433 e. The van der Waals surface area contributed by atoms with Crippen LogP contribution >= 0.6 is 7.75 Å². The number of amidine groups is 1. The highest BCUT2D eigenvalue weighted by Crippen LogP contribution is 2.47. The Balaban J connectivity index is 1.45. The summed E-state index contributed by atoms with van der Waals surface area (Å²) in [4.78, 5) is 27.4. The van der Waals surface area contributed by atoms with Gasteiger partial charge >= 0.3 is 25.5 Å². The first-order valence-electron chi connectivity index (χ1n) is 12.6. The van der Waals surface area contributed by atoms with Gasteiger partial charge in [0.15, 0.2) is 6.10 Å². The Labute approximate surface area is 243 Å². The van der Waals surface area contributed by atoms with E-state index >= 15 is 8.78 Å². The summed E-state index contributed by atoms with van der Waals surface area (Å²) in [5, 5.41) is 23.6. The minimum atomic E-state index is -4.60. The van der Waals surface area contributed by atoms with Gasteiger partial charge in [0, 0.05) is 6.20 Å². The summed E-state index contributed by atoms with van der Waals surface area (Å²) in [7, 11) is -4.60. The number of carbonyl (C=O) groups is 1. The number of furan rings is 1. The summed E-state index contributed by atoms with van der Waals surface area (Å²) < 4.78 is 69.9. The Morgan fingerprint density at radius 3 is 2.67 bits per heavy atom. The molecule has 2 aliphatic heterocycles. The molecule has 3 heterocycles. The maximum atomic E-state index is 15.0. The molecule has 0 aliphatic carbocycles. The number of benzene rings is 1. The molecule has 4 N–H and O–H groups in total. The molecule has 0 spiro atoms. The fraction of sp³-hybridized carbons (Fsp3) is 0.360. The second kappa shape index (κ2) is 13.1. The molecule has 1 saturated heterocycles. The zero-order chi connectivity index (χ0) is 31.4. The third-order valence-corrected chi connectivity index (χ3v) is 7.80. The second-order valence-electron chi connectivity index (χ2n) is 9.33. The fourth-order valence-electron chi connectivity index (χ4n) is 3.92. The maximum absolute atomic E-state index is 15.0. The minimum absolute atomic E-state index is 0.0189. The number of nitrogens with two attached hydrogens (primary N) is 1. The number of hydrogen-bond donors (Lipinski definition) is 3. The molecule has 0 bridgehead atoms. The van der Waals surface area contributed by atoms with E-state index in [0.29, 0.717) is 5.56 Å². The normalized spacial score (nSPS) is 23.4. The second-order valence-corrected chi connectivity index (χ2v) is 11.1. The van der Waals surface area contributed by atoms with Gasteiger partial charge in [0.25, 0.3) is 0 Å². The Hall–Kier alpha value is -3.99. The molecule has 0 amide bonds. The number of esters is 1. The van der Waals surface area contributed by atoms with Gasteiger partial charge in [-0.1, -0.05) is 36.9 Å². The highest BCUT2D eigenvalue weighted by atomic mass is 31.2. The van der Waals surface area contributed by atoms with Gasteiger partial charge in [0.2, 0.25) is 6.23 Å². The molecule has 5 atom stereocenters. The van der Waals surface area contributed by atoms with E-state index in [9.17, 15) is 24.6 Å². The number of hydrogen-bond acceptors (Lipinski definition) is 13. The lowest BCUT2D eigenvalue weighted by Crippen LogP contribution is -2.47. The average molecular weight is 627 g/mol. The molecule has 2 aliphatic rings. The molecule has 0 saturated carbocycles. The van der Waals surface area contributed by atoms with Crippen LogP contribution in [0.5, 0.6) is 0 Å². The predicted octanol–water partition coefficient (Wildman–Crippen LogP) is 2.93. The number of nitrogens with zero attached hydrogens (tertiary/aromatic N) is 3. The topological polar surface area (TPSA) is 201 Å². The van der Waals surface area contributed by atoms with Crippen LogP contribution in [0.15, 0.2) is 76.6 Å². The summed E-state index contributed by atoms with van der Waals surface area (Å²) in [5.41, 5.74) is 6.23. The van der Waals surface area contributed by atoms with Crippen molar-refractivity contribution in [3.05, 3.63) is 88.6 Å². The Kier molecular flexibility index (Phi) is 9.74. The largest absolute Gasteiger partial charge is 0.460 e. The number of aliphatic hydroxyl groups excluding tert-OH is 1. The van der Waals surface area contributed by atoms with E-state index in [2.05, 4.69) is 16.7 Å². The molecule has 1 unspecified atom stereocenters. The van der Waals surface area contributed by atoms with Gasteiger partial charge in [-0.3, -0.25) is 24.0 Å². The van der Waals surface area contributed by atoms with Crippen LogP contribution in [0.4, 0.5) is 14.7 Å². The van der Waals surface area contributed by atoms with E-state index < -0.39 is 68.1 Å². The van der Waals surface area contributed by atoms with E-state index in [4.69, 9.17) is 28.7 Å². The Morgan fingerprint density at radius 1 is 1.30 bits per heavy atom. The van der Waals surface area contributed by atoms with Gasteiger partial charge in [-0.15, -0.1) is 0 Å². The number of nitrogens with one attached hydrogen (secondary N) is 1. The van der Waals surface area contributed by atoms with Gasteiger partial charge < -0.3 is 29.6 Å².